The minimum Gasteiger partial charge on any atom is -0.311 e. The summed E-state index contributed by atoms with van der Waals surface area (Å²) < 4.78 is 26.3. The molecule has 112 valence electrons. The van der Waals surface area contributed by atoms with Crippen LogP contribution in [0, 0.1) is 11.6 Å². The molecule has 4 heteroatoms. The summed E-state index contributed by atoms with van der Waals surface area (Å²) >= 11 is 0. The van der Waals surface area contributed by atoms with Crippen LogP contribution in [0.25, 0.3) is 0 Å². The van der Waals surface area contributed by atoms with E-state index in [9.17, 15) is 8.78 Å². The van der Waals surface area contributed by atoms with E-state index in [1.54, 1.807) is 6.07 Å². The Hall–Kier alpha value is -1.00. The van der Waals surface area contributed by atoms with Gasteiger partial charge in [0.05, 0.1) is 0 Å². The fourth-order valence-electron chi connectivity index (χ4n) is 2.94. The molecule has 1 N–H and O–H groups in total. The fraction of sp³-hybridized carbons (Fsp3) is 0.625. The molecule has 2 unspecified atom stereocenters. The molecule has 20 heavy (non-hydrogen) atoms. The second-order valence-corrected chi connectivity index (χ2v) is 5.63. The lowest BCUT2D eigenvalue weighted by Gasteiger charge is -2.40. The van der Waals surface area contributed by atoms with Crippen molar-refractivity contribution in [2.24, 2.45) is 0 Å². The van der Waals surface area contributed by atoms with E-state index < -0.39 is 11.6 Å². The van der Waals surface area contributed by atoms with Gasteiger partial charge in [-0.3, -0.25) is 4.90 Å². The largest absolute Gasteiger partial charge is 0.311 e. The van der Waals surface area contributed by atoms with Crippen molar-refractivity contribution in [3.05, 3.63) is 35.4 Å². The van der Waals surface area contributed by atoms with Crippen LogP contribution in [-0.2, 0) is 6.54 Å². The first-order valence-electron chi connectivity index (χ1n) is 7.55. The molecule has 1 aliphatic rings. The van der Waals surface area contributed by atoms with Crippen molar-refractivity contribution >= 4 is 0 Å². The molecule has 0 radical (unpaired) electrons. The van der Waals surface area contributed by atoms with Crippen molar-refractivity contribution in [1.82, 2.24) is 10.2 Å². The van der Waals surface area contributed by atoms with Crippen molar-refractivity contribution in [2.75, 3.05) is 13.1 Å². The summed E-state index contributed by atoms with van der Waals surface area (Å²) in [4.78, 5) is 2.39. The van der Waals surface area contributed by atoms with Crippen molar-refractivity contribution < 1.29 is 8.78 Å². The summed E-state index contributed by atoms with van der Waals surface area (Å²) in [7, 11) is 0. The molecule has 0 aliphatic carbocycles. The molecule has 1 heterocycles. The third kappa shape index (κ3) is 3.76. The maximum Gasteiger partial charge on any atom is 0.159 e. The number of rotatable bonds is 5. The Bertz CT molecular complexity index is 436. The molecular formula is C16H24F2N2. The molecule has 0 aromatic heterocycles. The number of hydrogen-bond acceptors (Lipinski definition) is 2. The zero-order chi connectivity index (χ0) is 14.5. The SMILES string of the molecule is CCCC1CN(Cc2ccc(F)c(F)c2)C(CC)CN1. The average molecular weight is 282 g/mol. The lowest BCUT2D eigenvalue weighted by Crippen LogP contribution is -2.55. The molecule has 0 saturated carbocycles. The first-order valence-corrected chi connectivity index (χ1v) is 7.55. The van der Waals surface area contributed by atoms with Gasteiger partial charge in [0.15, 0.2) is 11.6 Å². The van der Waals surface area contributed by atoms with Gasteiger partial charge in [0.2, 0.25) is 0 Å². The zero-order valence-electron chi connectivity index (χ0n) is 12.3. The van der Waals surface area contributed by atoms with Crippen LogP contribution in [-0.4, -0.2) is 30.1 Å². The Morgan fingerprint density at radius 3 is 2.70 bits per heavy atom. The second kappa shape index (κ2) is 7.14. The summed E-state index contributed by atoms with van der Waals surface area (Å²) in [6.45, 7) is 7.01. The molecule has 0 spiro atoms. The number of benzene rings is 1. The van der Waals surface area contributed by atoms with E-state index in [-0.39, 0.29) is 0 Å². The van der Waals surface area contributed by atoms with E-state index in [1.807, 2.05) is 0 Å². The predicted molar refractivity (Wildman–Crippen MR) is 77.5 cm³/mol. The lowest BCUT2D eigenvalue weighted by molar-refractivity contribution is 0.115. The molecule has 2 rings (SSSR count). The molecule has 1 aliphatic heterocycles. The topological polar surface area (TPSA) is 15.3 Å². The van der Waals surface area contributed by atoms with Gasteiger partial charge in [-0.2, -0.15) is 0 Å². The zero-order valence-corrected chi connectivity index (χ0v) is 12.3. The molecule has 1 fully saturated rings. The number of hydrogen-bond donors (Lipinski definition) is 1. The minimum absolute atomic E-state index is 0.469. The van der Waals surface area contributed by atoms with E-state index in [2.05, 4.69) is 24.1 Å². The van der Waals surface area contributed by atoms with Crippen molar-refractivity contribution in [3.8, 4) is 0 Å². The van der Waals surface area contributed by atoms with Gasteiger partial charge < -0.3 is 5.32 Å². The summed E-state index contributed by atoms with van der Waals surface area (Å²) in [5.41, 5.74) is 0.847. The highest BCUT2D eigenvalue weighted by Crippen LogP contribution is 2.18. The van der Waals surface area contributed by atoms with E-state index in [0.29, 0.717) is 18.6 Å². The van der Waals surface area contributed by atoms with Gasteiger partial charge in [-0.05, 0) is 30.5 Å². The minimum atomic E-state index is -0.773. The van der Waals surface area contributed by atoms with Crippen molar-refractivity contribution in [2.45, 2.75) is 51.7 Å². The molecule has 0 bridgehead atoms. The molecule has 1 aromatic carbocycles. The fourth-order valence-corrected chi connectivity index (χ4v) is 2.94. The van der Waals surface area contributed by atoms with Gasteiger partial charge in [-0.25, -0.2) is 8.78 Å². The van der Waals surface area contributed by atoms with Crippen LogP contribution >= 0.6 is 0 Å². The predicted octanol–water partition coefficient (Wildman–Crippen LogP) is 3.32. The molecule has 0 amide bonds. The Balaban J connectivity index is 2.04. The van der Waals surface area contributed by atoms with Crippen LogP contribution < -0.4 is 5.32 Å². The number of nitrogens with one attached hydrogen (secondary N) is 1. The first-order chi connectivity index (χ1) is 9.63. The molecule has 2 nitrogen and oxygen atoms in total. The Morgan fingerprint density at radius 1 is 1.25 bits per heavy atom. The third-order valence-corrected chi connectivity index (χ3v) is 4.09. The molecule has 1 saturated heterocycles. The number of piperazine rings is 1. The number of halogens is 2. The number of nitrogens with zero attached hydrogens (tertiary/aromatic N) is 1. The summed E-state index contributed by atoms with van der Waals surface area (Å²) in [5, 5.41) is 3.58. The van der Waals surface area contributed by atoms with Gasteiger partial charge in [0.25, 0.3) is 0 Å². The maximum absolute atomic E-state index is 13.3. The summed E-state index contributed by atoms with van der Waals surface area (Å²) in [6, 6.07) is 5.20. The quantitative estimate of drug-likeness (QED) is 0.891. The standard InChI is InChI=1S/C16H24F2N2/c1-3-5-13-11-20(14(4-2)9-19-13)10-12-6-7-15(17)16(18)8-12/h6-8,13-14,19H,3-5,9-11H2,1-2H3. The van der Waals surface area contributed by atoms with Gasteiger partial charge in [-0.15, -0.1) is 0 Å². The first kappa shape index (κ1) is 15.4. The van der Waals surface area contributed by atoms with Gasteiger partial charge in [0, 0.05) is 31.7 Å². The third-order valence-electron chi connectivity index (χ3n) is 4.09. The molecule has 1 aromatic rings. The highest BCUT2D eigenvalue weighted by Gasteiger charge is 2.26. The second-order valence-electron chi connectivity index (χ2n) is 5.63. The van der Waals surface area contributed by atoms with Gasteiger partial charge in [0.1, 0.15) is 0 Å². The van der Waals surface area contributed by atoms with Crippen molar-refractivity contribution in [1.29, 1.82) is 0 Å². The van der Waals surface area contributed by atoms with Crippen LogP contribution in [0.3, 0.4) is 0 Å². The van der Waals surface area contributed by atoms with Crippen LogP contribution in [0.1, 0.15) is 38.7 Å². The highest BCUT2D eigenvalue weighted by molar-refractivity contribution is 5.18. The van der Waals surface area contributed by atoms with Crippen LogP contribution in [0.15, 0.2) is 18.2 Å². The van der Waals surface area contributed by atoms with Crippen LogP contribution in [0.4, 0.5) is 8.78 Å². The Labute approximate surface area is 120 Å². The molecular weight excluding hydrogens is 258 g/mol. The smallest absolute Gasteiger partial charge is 0.159 e. The monoisotopic (exact) mass is 282 g/mol. The van der Waals surface area contributed by atoms with Crippen LogP contribution in [0.2, 0.25) is 0 Å². The summed E-state index contributed by atoms with van der Waals surface area (Å²) in [5.74, 6) is -1.53. The van der Waals surface area contributed by atoms with Crippen molar-refractivity contribution in [3.63, 3.8) is 0 Å². The Kier molecular flexibility index (Phi) is 5.49. The van der Waals surface area contributed by atoms with E-state index in [1.165, 1.54) is 12.1 Å². The Morgan fingerprint density at radius 2 is 2.05 bits per heavy atom. The summed E-state index contributed by atoms with van der Waals surface area (Å²) in [6.07, 6.45) is 3.38. The van der Waals surface area contributed by atoms with E-state index in [0.717, 1.165) is 37.9 Å². The lowest BCUT2D eigenvalue weighted by atomic mass is 10.0. The highest BCUT2D eigenvalue weighted by atomic mass is 19.2. The normalized spacial score (nSPS) is 24.0. The molecule has 2 atom stereocenters. The van der Waals surface area contributed by atoms with Gasteiger partial charge in [-0.1, -0.05) is 26.3 Å². The maximum atomic E-state index is 13.3. The van der Waals surface area contributed by atoms with E-state index >= 15 is 0 Å². The van der Waals surface area contributed by atoms with Crippen LogP contribution in [0.5, 0.6) is 0 Å². The van der Waals surface area contributed by atoms with Gasteiger partial charge >= 0.3 is 0 Å². The average Bonchev–Trinajstić information content (AvgIpc) is 2.44. The van der Waals surface area contributed by atoms with E-state index in [4.69, 9.17) is 0 Å².